The summed E-state index contributed by atoms with van der Waals surface area (Å²) in [5.41, 5.74) is 2.18. The van der Waals surface area contributed by atoms with Crippen molar-refractivity contribution < 1.29 is 4.42 Å². The highest BCUT2D eigenvalue weighted by atomic mass is 35.5. The van der Waals surface area contributed by atoms with E-state index in [4.69, 9.17) is 16.0 Å². The van der Waals surface area contributed by atoms with E-state index in [1.807, 2.05) is 24.4 Å². The maximum Gasteiger partial charge on any atom is 0.134 e. The van der Waals surface area contributed by atoms with Crippen LogP contribution >= 0.6 is 11.6 Å². The smallest absolute Gasteiger partial charge is 0.134 e. The van der Waals surface area contributed by atoms with E-state index in [-0.39, 0.29) is 0 Å². The van der Waals surface area contributed by atoms with Gasteiger partial charge in [0.25, 0.3) is 0 Å². The Hall–Kier alpha value is -1.32. The molecule has 0 aliphatic carbocycles. The molecule has 19 heavy (non-hydrogen) atoms. The summed E-state index contributed by atoms with van der Waals surface area (Å²) in [5.74, 6) is 0.835. The van der Waals surface area contributed by atoms with Crippen LogP contribution in [0.25, 0.3) is 11.3 Å². The number of rotatable bonds is 5. The Labute approximate surface area is 119 Å². The fraction of sp³-hybridized carbons (Fsp3) is 0.400. The minimum atomic E-state index is 0.315. The quantitative estimate of drug-likeness (QED) is 0.759. The first-order valence-corrected chi connectivity index (χ1v) is 6.87. The van der Waals surface area contributed by atoms with Crippen molar-refractivity contribution in [2.45, 2.75) is 25.8 Å². The van der Waals surface area contributed by atoms with Crippen LogP contribution in [0.2, 0.25) is 5.15 Å². The van der Waals surface area contributed by atoms with Crippen LogP contribution in [0.4, 0.5) is 0 Å². The third-order valence-electron chi connectivity index (χ3n) is 3.23. The van der Waals surface area contributed by atoms with Gasteiger partial charge in [0.15, 0.2) is 0 Å². The van der Waals surface area contributed by atoms with E-state index in [2.05, 4.69) is 30.9 Å². The van der Waals surface area contributed by atoms with Crippen molar-refractivity contribution in [1.29, 1.82) is 0 Å². The molecule has 0 unspecified atom stereocenters. The normalized spacial score (nSPS) is 12.9. The number of pyridine rings is 1. The van der Waals surface area contributed by atoms with Gasteiger partial charge in [-0.1, -0.05) is 24.9 Å². The van der Waals surface area contributed by atoms with Gasteiger partial charge in [-0.15, -0.1) is 0 Å². The first kappa shape index (κ1) is 14.1. The summed E-state index contributed by atoms with van der Waals surface area (Å²) in [4.78, 5) is 6.44. The number of aromatic nitrogens is 1. The van der Waals surface area contributed by atoms with E-state index < -0.39 is 0 Å². The molecule has 0 fully saturated rings. The highest BCUT2D eigenvalue weighted by Gasteiger charge is 2.19. The molecule has 0 N–H and O–H groups in total. The molecule has 1 atom stereocenters. The highest BCUT2D eigenvalue weighted by molar-refractivity contribution is 6.29. The molecule has 102 valence electrons. The van der Waals surface area contributed by atoms with Crippen LogP contribution in [0.3, 0.4) is 0 Å². The summed E-state index contributed by atoms with van der Waals surface area (Å²) in [6.45, 7) is 2.19. The molecule has 0 radical (unpaired) electrons. The number of hydrogen-bond acceptors (Lipinski definition) is 3. The van der Waals surface area contributed by atoms with Gasteiger partial charge >= 0.3 is 0 Å². The van der Waals surface area contributed by atoms with Crippen LogP contribution in [-0.4, -0.2) is 24.0 Å². The molecule has 0 aliphatic heterocycles. The summed E-state index contributed by atoms with van der Waals surface area (Å²) in [6, 6.07) is 6.03. The van der Waals surface area contributed by atoms with Crippen molar-refractivity contribution in [1.82, 2.24) is 9.88 Å². The molecule has 4 heteroatoms. The predicted octanol–water partition coefficient (Wildman–Crippen LogP) is 4.40. The van der Waals surface area contributed by atoms with Crippen molar-refractivity contribution in [3.05, 3.63) is 41.4 Å². The van der Waals surface area contributed by atoms with Gasteiger partial charge in [0.1, 0.15) is 10.9 Å². The Bertz CT molecular complexity index is 523. The fourth-order valence-electron chi connectivity index (χ4n) is 2.32. The fourth-order valence-corrected chi connectivity index (χ4v) is 2.47. The summed E-state index contributed by atoms with van der Waals surface area (Å²) in [7, 11) is 4.17. The van der Waals surface area contributed by atoms with Crippen molar-refractivity contribution in [3.8, 4) is 11.3 Å². The topological polar surface area (TPSA) is 29.3 Å². The van der Waals surface area contributed by atoms with E-state index in [1.54, 1.807) is 6.26 Å². The minimum Gasteiger partial charge on any atom is -0.464 e. The van der Waals surface area contributed by atoms with Gasteiger partial charge in [-0.05, 0) is 44.3 Å². The molecule has 2 heterocycles. The predicted molar refractivity (Wildman–Crippen MR) is 78.3 cm³/mol. The van der Waals surface area contributed by atoms with Crippen LogP contribution in [0.15, 0.2) is 35.1 Å². The molecular formula is C15H19ClN2O. The average Bonchev–Trinajstić information content (AvgIpc) is 2.90. The van der Waals surface area contributed by atoms with Crippen molar-refractivity contribution in [3.63, 3.8) is 0 Å². The Morgan fingerprint density at radius 2 is 2.21 bits per heavy atom. The van der Waals surface area contributed by atoms with Crippen LogP contribution in [0.1, 0.15) is 31.4 Å². The molecule has 2 aromatic rings. The summed E-state index contributed by atoms with van der Waals surface area (Å²) in [5, 5.41) is 0.490. The molecule has 0 bridgehead atoms. The number of nitrogens with zero attached hydrogens (tertiary/aromatic N) is 2. The summed E-state index contributed by atoms with van der Waals surface area (Å²) < 4.78 is 5.52. The molecule has 0 saturated heterocycles. The van der Waals surface area contributed by atoms with Crippen LogP contribution in [0, 0.1) is 0 Å². The van der Waals surface area contributed by atoms with Gasteiger partial charge < -0.3 is 9.32 Å². The van der Waals surface area contributed by atoms with Gasteiger partial charge in [0.2, 0.25) is 0 Å². The SMILES string of the molecule is CCC[C@@H](c1cnc(Cl)cc1-c1ccco1)N(C)C. The maximum absolute atomic E-state index is 6.03. The molecule has 3 nitrogen and oxygen atoms in total. The van der Waals surface area contributed by atoms with Crippen molar-refractivity contribution in [2.24, 2.45) is 0 Å². The zero-order valence-electron chi connectivity index (χ0n) is 11.6. The van der Waals surface area contributed by atoms with Gasteiger partial charge in [0.05, 0.1) is 6.26 Å². The molecular weight excluding hydrogens is 260 g/mol. The van der Waals surface area contributed by atoms with Gasteiger partial charge in [-0.25, -0.2) is 4.98 Å². The molecule has 0 saturated carbocycles. The number of hydrogen-bond donors (Lipinski definition) is 0. The first-order valence-electron chi connectivity index (χ1n) is 6.49. The van der Waals surface area contributed by atoms with E-state index in [0.29, 0.717) is 11.2 Å². The average molecular weight is 279 g/mol. The largest absolute Gasteiger partial charge is 0.464 e. The van der Waals surface area contributed by atoms with Gasteiger partial charge in [0, 0.05) is 17.8 Å². The summed E-state index contributed by atoms with van der Waals surface area (Å²) in [6.07, 6.45) is 5.73. The first-order chi connectivity index (χ1) is 9.13. The third-order valence-corrected chi connectivity index (χ3v) is 3.44. The Balaban J connectivity index is 2.50. The molecule has 0 amide bonds. The molecule has 0 aliphatic rings. The van der Waals surface area contributed by atoms with E-state index >= 15 is 0 Å². The standard InChI is InChI=1S/C15H19ClN2O/c1-4-6-13(18(2)3)12-10-17-15(16)9-11(12)14-7-5-8-19-14/h5,7-10,13H,4,6H2,1-3H3/t13-/m0/s1. The van der Waals surface area contributed by atoms with Crippen molar-refractivity contribution in [2.75, 3.05) is 14.1 Å². The number of furan rings is 1. The molecule has 2 aromatic heterocycles. The van der Waals surface area contributed by atoms with Crippen LogP contribution < -0.4 is 0 Å². The lowest BCUT2D eigenvalue weighted by Gasteiger charge is -2.25. The Morgan fingerprint density at radius 1 is 1.42 bits per heavy atom. The lowest BCUT2D eigenvalue weighted by atomic mass is 9.97. The summed E-state index contributed by atoms with van der Waals surface area (Å²) >= 11 is 6.03. The van der Waals surface area contributed by atoms with E-state index in [9.17, 15) is 0 Å². The molecule has 2 rings (SSSR count). The highest BCUT2D eigenvalue weighted by Crippen LogP contribution is 2.34. The van der Waals surface area contributed by atoms with Crippen molar-refractivity contribution >= 4 is 11.6 Å². The van der Waals surface area contributed by atoms with E-state index in [1.165, 1.54) is 0 Å². The second kappa shape index (κ2) is 6.22. The Morgan fingerprint density at radius 3 is 2.79 bits per heavy atom. The maximum atomic E-state index is 6.03. The van der Waals surface area contributed by atoms with Gasteiger partial charge in [-0.2, -0.15) is 0 Å². The van der Waals surface area contributed by atoms with Crippen LogP contribution in [0.5, 0.6) is 0 Å². The molecule has 0 aromatic carbocycles. The lowest BCUT2D eigenvalue weighted by Crippen LogP contribution is -2.20. The Kier molecular flexibility index (Phi) is 4.61. The monoisotopic (exact) mass is 278 g/mol. The molecule has 0 spiro atoms. The van der Waals surface area contributed by atoms with Gasteiger partial charge in [-0.3, -0.25) is 0 Å². The zero-order chi connectivity index (χ0) is 13.8. The second-order valence-electron chi connectivity index (χ2n) is 4.84. The van der Waals surface area contributed by atoms with E-state index in [0.717, 1.165) is 29.7 Å². The lowest BCUT2D eigenvalue weighted by molar-refractivity contribution is 0.282. The number of halogens is 1. The zero-order valence-corrected chi connectivity index (χ0v) is 12.3. The second-order valence-corrected chi connectivity index (χ2v) is 5.23. The minimum absolute atomic E-state index is 0.315. The third kappa shape index (κ3) is 3.17. The van der Waals surface area contributed by atoms with Crippen LogP contribution in [-0.2, 0) is 0 Å².